The van der Waals surface area contributed by atoms with E-state index in [1.165, 1.54) is 0 Å². The summed E-state index contributed by atoms with van der Waals surface area (Å²) in [5.41, 5.74) is -0.969. The number of hydrogen-bond donors (Lipinski definition) is 1. The van der Waals surface area contributed by atoms with Gasteiger partial charge in [-0.05, 0) is 46.5 Å². The van der Waals surface area contributed by atoms with E-state index >= 15 is 0 Å². The molecule has 0 atom stereocenters. The number of alkyl halides is 3. The van der Waals surface area contributed by atoms with Gasteiger partial charge in [0.05, 0.1) is 4.47 Å². The summed E-state index contributed by atoms with van der Waals surface area (Å²) in [6.07, 6.45) is -3.91. The number of rotatable bonds is 3. The minimum atomic E-state index is -4.20. The van der Waals surface area contributed by atoms with Crippen LogP contribution in [0.3, 0.4) is 0 Å². The Bertz CT molecular complexity index is 529. The van der Waals surface area contributed by atoms with E-state index in [4.69, 9.17) is 9.47 Å². The predicted molar refractivity (Wildman–Crippen MR) is 70.0 cm³/mol. The third kappa shape index (κ3) is 2.48. The second kappa shape index (κ2) is 4.80. The average Bonchev–Trinajstić information content (AvgIpc) is 3.17. The quantitative estimate of drug-likeness (QED) is 0.905. The topological polar surface area (TPSA) is 30.5 Å². The van der Waals surface area contributed by atoms with Gasteiger partial charge in [0, 0.05) is 6.54 Å². The summed E-state index contributed by atoms with van der Waals surface area (Å²) >= 11 is 3.35. The molecule has 110 valence electrons. The molecule has 3 nitrogen and oxygen atoms in total. The molecule has 20 heavy (non-hydrogen) atoms. The molecular formula is C13H13BrF3NO2. The first-order valence-electron chi connectivity index (χ1n) is 6.31. The Hall–Kier alpha value is -0.950. The first-order valence-corrected chi connectivity index (χ1v) is 7.10. The van der Waals surface area contributed by atoms with Crippen LogP contribution in [0.15, 0.2) is 16.6 Å². The number of ether oxygens (including phenoxy) is 2. The van der Waals surface area contributed by atoms with Gasteiger partial charge in [0.25, 0.3) is 0 Å². The van der Waals surface area contributed by atoms with Crippen LogP contribution in [-0.4, -0.2) is 24.9 Å². The predicted octanol–water partition coefficient (Wildman–Crippen LogP) is 3.40. The Kier molecular flexibility index (Phi) is 3.36. The molecule has 0 unspecified atom stereocenters. The molecule has 1 heterocycles. The Morgan fingerprint density at radius 3 is 2.55 bits per heavy atom. The largest absolute Gasteiger partial charge is 0.486 e. The average molecular weight is 352 g/mol. The van der Waals surface area contributed by atoms with Crippen LogP contribution in [0.4, 0.5) is 13.2 Å². The molecule has 1 fully saturated rings. The van der Waals surface area contributed by atoms with Gasteiger partial charge in [-0.15, -0.1) is 0 Å². The van der Waals surface area contributed by atoms with Crippen molar-refractivity contribution < 1.29 is 22.6 Å². The van der Waals surface area contributed by atoms with Crippen molar-refractivity contribution in [2.75, 3.05) is 13.2 Å². The number of halogens is 4. The molecule has 0 saturated heterocycles. The standard InChI is InChI=1S/C13H13BrF3NO2/c14-9-5-8(6-10-11(9)20-4-3-19-10)7-18-12(1-2-12)13(15,16)17/h5-6,18H,1-4,7H2. The van der Waals surface area contributed by atoms with Gasteiger partial charge in [-0.2, -0.15) is 13.2 Å². The lowest BCUT2D eigenvalue weighted by Crippen LogP contribution is -2.44. The normalized spacial score (nSPS) is 19.8. The van der Waals surface area contributed by atoms with Crippen LogP contribution in [0.2, 0.25) is 0 Å². The van der Waals surface area contributed by atoms with E-state index in [9.17, 15) is 13.2 Å². The molecule has 3 rings (SSSR count). The Morgan fingerprint density at radius 2 is 1.90 bits per heavy atom. The van der Waals surface area contributed by atoms with Crippen molar-refractivity contribution in [1.29, 1.82) is 0 Å². The first kappa shape index (κ1) is 14.0. The van der Waals surface area contributed by atoms with E-state index in [0.29, 0.717) is 29.2 Å². The molecule has 1 aromatic rings. The van der Waals surface area contributed by atoms with Crippen LogP contribution in [0.1, 0.15) is 18.4 Å². The van der Waals surface area contributed by atoms with Crippen molar-refractivity contribution in [2.24, 2.45) is 0 Å². The van der Waals surface area contributed by atoms with Gasteiger partial charge in [0.2, 0.25) is 0 Å². The summed E-state index contributed by atoms with van der Waals surface area (Å²) in [6, 6.07) is 3.48. The van der Waals surface area contributed by atoms with Crippen LogP contribution in [0, 0.1) is 0 Å². The zero-order valence-corrected chi connectivity index (χ0v) is 12.1. The van der Waals surface area contributed by atoms with E-state index in [2.05, 4.69) is 21.2 Å². The lowest BCUT2D eigenvalue weighted by molar-refractivity contribution is -0.166. The Morgan fingerprint density at radius 1 is 1.20 bits per heavy atom. The van der Waals surface area contributed by atoms with Crippen molar-refractivity contribution >= 4 is 15.9 Å². The molecule has 0 aromatic heterocycles. The van der Waals surface area contributed by atoms with Gasteiger partial charge in [0.1, 0.15) is 18.8 Å². The second-order valence-corrected chi connectivity index (χ2v) is 5.89. The van der Waals surface area contributed by atoms with Crippen LogP contribution in [0.25, 0.3) is 0 Å². The van der Waals surface area contributed by atoms with Crippen LogP contribution in [0.5, 0.6) is 11.5 Å². The van der Waals surface area contributed by atoms with Crippen molar-refractivity contribution in [3.8, 4) is 11.5 Å². The summed E-state index contributed by atoms with van der Waals surface area (Å²) in [7, 11) is 0. The maximum atomic E-state index is 12.8. The monoisotopic (exact) mass is 351 g/mol. The molecule has 1 aliphatic carbocycles. The van der Waals surface area contributed by atoms with Crippen LogP contribution >= 0.6 is 15.9 Å². The minimum absolute atomic E-state index is 0.141. The summed E-state index contributed by atoms with van der Waals surface area (Å²) in [5.74, 6) is 1.18. The van der Waals surface area contributed by atoms with E-state index in [1.54, 1.807) is 12.1 Å². The second-order valence-electron chi connectivity index (χ2n) is 5.04. The molecule has 2 aliphatic rings. The molecule has 0 bridgehead atoms. The highest BCUT2D eigenvalue weighted by atomic mass is 79.9. The van der Waals surface area contributed by atoms with E-state index in [1.807, 2.05) is 0 Å². The Labute approximate surface area is 122 Å². The van der Waals surface area contributed by atoms with Crippen LogP contribution < -0.4 is 14.8 Å². The lowest BCUT2D eigenvalue weighted by atomic mass is 10.1. The fourth-order valence-electron chi connectivity index (χ4n) is 2.22. The zero-order valence-electron chi connectivity index (χ0n) is 10.5. The molecular weight excluding hydrogens is 339 g/mol. The maximum absolute atomic E-state index is 12.8. The van der Waals surface area contributed by atoms with Gasteiger partial charge in [0.15, 0.2) is 11.5 Å². The summed E-state index contributed by atoms with van der Waals surface area (Å²) in [6.45, 7) is 1.07. The minimum Gasteiger partial charge on any atom is -0.486 e. The molecule has 7 heteroatoms. The molecule has 0 amide bonds. The van der Waals surface area contributed by atoms with Gasteiger partial charge < -0.3 is 9.47 Å². The number of hydrogen-bond acceptors (Lipinski definition) is 3. The number of fused-ring (bicyclic) bond motifs is 1. The molecule has 1 aromatic carbocycles. The highest BCUT2D eigenvalue weighted by Crippen LogP contribution is 2.49. The zero-order chi connectivity index (χ0) is 14.4. The first-order chi connectivity index (χ1) is 9.41. The van der Waals surface area contributed by atoms with Crippen molar-refractivity contribution in [1.82, 2.24) is 5.32 Å². The van der Waals surface area contributed by atoms with Gasteiger partial charge in [-0.25, -0.2) is 0 Å². The molecule has 1 aliphatic heterocycles. The molecule has 1 N–H and O–H groups in total. The summed E-state index contributed by atoms with van der Waals surface area (Å²) in [4.78, 5) is 0. The van der Waals surface area contributed by atoms with Crippen LogP contribution in [-0.2, 0) is 6.54 Å². The molecule has 1 saturated carbocycles. The van der Waals surface area contributed by atoms with Crippen molar-refractivity contribution in [2.45, 2.75) is 31.1 Å². The van der Waals surface area contributed by atoms with Crippen molar-refractivity contribution in [3.63, 3.8) is 0 Å². The van der Waals surface area contributed by atoms with E-state index in [-0.39, 0.29) is 19.4 Å². The third-order valence-corrected chi connectivity index (χ3v) is 4.17. The summed E-state index contributed by atoms with van der Waals surface area (Å²) in [5, 5.41) is 2.62. The summed E-state index contributed by atoms with van der Waals surface area (Å²) < 4.78 is 50.1. The SMILES string of the molecule is FC(F)(F)C1(NCc2cc(Br)c3c(c2)OCCO3)CC1. The fourth-order valence-corrected chi connectivity index (χ4v) is 2.83. The fraction of sp³-hybridized carbons (Fsp3) is 0.538. The third-order valence-electron chi connectivity index (χ3n) is 3.58. The van der Waals surface area contributed by atoms with Crippen molar-refractivity contribution in [3.05, 3.63) is 22.2 Å². The number of benzene rings is 1. The van der Waals surface area contributed by atoms with E-state index < -0.39 is 11.7 Å². The maximum Gasteiger partial charge on any atom is 0.406 e. The lowest BCUT2D eigenvalue weighted by Gasteiger charge is -2.23. The highest BCUT2D eigenvalue weighted by molar-refractivity contribution is 9.10. The smallest absolute Gasteiger partial charge is 0.406 e. The highest BCUT2D eigenvalue weighted by Gasteiger charge is 2.62. The van der Waals surface area contributed by atoms with Gasteiger partial charge in [-0.3, -0.25) is 5.32 Å². The molecule has 0 spiro atoms. The van der Waals surface area contributed by atoms with E-state index in [0.717, 1.165) is 5.56 Å². The number of nitrogens with one attached hydrogen (secondary N) is 1. The van der Waals surface area contributed by atoms with Gasteiger partial charge >= 0.3 is 6.18 Å². The van der Waals surface area contributed by atoms with Gasteiger partial charge in [-0.1, -0.05) is 0 Å². The molecule has 0 radical (unpaired) electrons. The Balaban J connectivity index is 1.74.